The van der Waals surface area contributed by atoms with E-state index in [1.807, 2.05) is 6.07 Å². The lowest BCUT2D eigenvalue weighted by Crippen LogP contribution is -2.30. The van der Waals surface area contributed by atoms with Gasteiger partial charge in [0.1, 0.15) is 5.75 Å². The maximum atomic E-state index is 11.2. The number of hydrogen-bond acceptors (Lipinski definition) is 2. The Morgan fingerprint density at radius 1 is 1.16 bits per heavy atom. The predicted octanol–water partition coefficient (Wildman–Crippen LogP) is 3.90. The van der Waals surface area contributed by atoms with Crippen LogP contribution >= 0.6 is 0 Å². The molecule has 19 heavy (non-hydrogen) atoms. The van der Waals surface area contributed by atoms with Crippen molar-refractivity contribution < 1.29 is 9.84 Å². The Balaban J connectivity index is 2.41. The highest BCUT2D eigenvalue weighted by molar-refractivity contribution is 5.47. The molecule has 1 aromatic rings. The highest BCUT2D eigenvalue weighted by Gasteiger charge is 2.35. The third-order valence-corrected chi connectivity index (χ3v) is 3.71. The zero-order valence-corrected chi connectivity index (χ0v) is 12.6. The first kappa shape index (κ1) is 14.4. The molecule has 2 heteroatoms. The molecular formula is C17H26O2. The van der Waals surface area contributed by atoms with Crippen molar-refractivity contribution in [2.24, 2.45) is 11.8 Å². The van der Waals surface area contributed by atoms with Crippen molar-refractivity contribution in [1.29, 1.82) is 0 Å². The molecule has 0 aromatic heterocycles. The molecule has 2 nitrogen and oxygen atoms in total. The van der Waals surface area contributed by atoms with Gasteiger partial charge in [-0.3, -0.25) is 0 Å². The van der Waals surface area contributed by atoms with Gasteiger partial charge in [0.05, 0.1) is 12.2 Å². The monoisotopic (exact) mass is 262 g/mol. The van der Waals surface area contributed by atoms with E-state index in [9.17, 15) is 5.11 Å². The minimum atomic E-state index is -0.766. The van der Waals surface area contributed by atoms with E-state index in [1.54, 1.807) is 0 Å². The van der Waals surface area contributed by atoms with Crippen molar-refractivity contribution in [3.8, 4) is 5.75 Å². The van der Waals surface area contributed by atoms with Gasteiger partial charge in [0.2, 0.25) is 0 Å². The van der Waals surface area contributed by atoms with E-state index in [1.165, 1.54) is 5.56 Å². The number of benzene rings is 1. The topological polar surface area (TPSA) is 29.5 Å². The molecule has 0 aliphatic carbocycles. The van der Waals surface area contributed by atoms with Crippen LogP contribution in [0.15, 0.2) is 18.2 Å². The van der Waals surface area contributed by atoms with Crippen molar-refractivity contribution in [2.75, 3.05) is 6.61 Å². The van der Waals surface area contributed by atoms with Gasteiger partial charge in [-0.2, -0.15) is 0 Å². The Bertz CT molecular complexity index is 425. The maximum absolute atomic E-state index is 11.2. The molecule has 0 radical (unpaired) electrons. The first-order chi connectivity index (χ1) is 8.92. The third-order valence-electron chi connectivity index (χ3n) is 3.71. The summed E-state index contributed by atoms with van der Waals surface area (Å²) >= 11 is 0. The fourth-order valence-corrected chi connectivity index (χ4v) is 3.24. The van der Waals surface area contributed by atoms with Gasteiger partial charge >= 0.3 is 0 Å². The molecule has 0 atom stereocenters. The second-order valence-corrected chi connectivity index (χ2v) is 6.62. The largest absolute Gasteiger partial charge is 0.493 e. The van der Waals surface area contributed by atoms with E-state index in [2.05, 4.69) is 39.8 Å². The van der Waals surface area contributed by atoms with Gasteiger partial charge in [-0.25, -0.2) is 0 Å². The van der Waals surface area contributed by atoms with E-state index in [4.69, 9.17) is 4.74 Å². The molecule has 1 heterocycles. The summed E-state index contributed by atoms with van der Waals surface area (Å²) in [6.45, 7) is 9.39. The van der Waals surface area contributed by atoms with Crippen LogP contribution in [0.4, 0.5) is 0 Å². The lowest BCUT2D eigenvalue weighted by Gasteiger charge is -2.33. The Kier molecular flexibility index (Phi) is 4.19. The highest BCUT2D eigenvalue weighted by Crippen LogP contribution is 2.42. The molecule has 0 spiro atoms. The van der Waals surface area contributed by atoms with Crippen molar-refractivity contribution in [2.45, 2.75) is 52.6 Å². The number of rotatable bonds is 5. The molecule has 0 saturated carbocycles. The van der Waals surface area contributed by atoms with Gasteiger partial charge in [0.25, 0.3) is 0 Å². The smallest absolute Gasteiger partial charge is 0.128 e. The van der Waals surface area contributed by atoms with Crippen LogP contribution in [0.2, 0.25) is 0 Å². The predicted molar refractivity (Wildman–Crippen MR) is 78.4 cm³/mol. The molecule has 1 N–H and O–H groups in total. The van der Waals surface area contributed by atoms with Gasteiger partial charge in [-0.15, -0.1) is 0 Å². The summed E-state index contributed by atoms with van der Waals surface area (Å²) < 4.78 is 5.78. The summed E-state index contributed by atoms with van der Waals surface area (Å²) in [5.41, 5.74) is 1.46. The normalized spacial score (nSPS) is 14.9. The zero-order valence-electron chi connectivity index (χ0n) is 12.6. The average molecular weight is 262 g/mol. The van der Waals surface area contributed by atoms with Crippen LogP contribution in [0.3, 0.4) is 0 Å². The van der Waals surface area contributed by atoms with E-state index in [-0.39, 0.29) is 0 Å². The molecule has 0 amide bonds. The van der Waals surface area contributed by atoms with Crippen LogP contribution in [-0.2, 0) is 12.0 Å². The van der Waals surface area contributed by atoms with Gasteiger partial charge in [0.15, 0.2) is 0 Å². The lowest BCUT2D eigenvalue weighted by atomic mass is 9.79. The molecule has 0 fully saturated rings. The number of para-hydroxylation sites is 1. The second kappa shape index (κ2) is 5.54. The highest BCUT2D eigenvalue weighted by atomic mass is 16.5. The Hall–Kier alpha value is -1.02. The van der Waals surface area contributed by atoms with E-state index in [0.717, 1.165) is 37.2 Å². The number of ether oxygens (including phenoxy) is 1. The van der Waals surface area contributed by atoms with Crippen LogP contribution < -0.4 is 4.74 Å². The van der Waals surface area contributed by atoms with E-state index in [0.29, 0.717) is 11.8 Å². The van der Waals surface area contributed by atoms with Gasteiger partial charge in [0, 0.05) is 12.0 Å². The Morgan fingerprint density at radius 3 is 2.37 bits per heavy atom. The summed E-state index contributed by atoms with van der Waals surface area (Å²) in [5.74, 6) is 1.85. The van der Waals surface area contributed by atoms with Crippen LogP contribution in [0.5, 0.6) is 5.75 Å². The third kappa shape index (κ3) is 3.11. The van der Waals surface area contributed by atoms with Crippen LogP contribution in [-0.4, -0.2) is 11.7 Å². The SMILES string of the molecule is CC(C)CC(O)(CC(C)C)c1cccc2c1OCC2. The molecule has 2 rings (SSSR count). The molecule has 0 unspecified atom stereocenters. The van der Waals surface area contributed by atoms with Gasteiger partial charge < -0.3 is 9.84 Å². The van der Waals surface area contributed by atoms with Gasteiger partial charge in [-0.1, -0.05) is 45.9 Å². The second-order valence-electron chi connectivity index (χ2n) is 6.62. The minimum Gasteiger partial charge on any atom is -0.493 e. The summed E-state index contributed by atoms with van der Waals surface area (Å²) in [4.78, 5) is 0. The first-order valence-corrected chi connectivity index (χ1v) is 7.40. The molecule has 106 valence electrons. The summed E-state index contributed by atoms with van der Waals surface area (Å²) in [6, 6.07) is 6.19. The number of fused-ring (bicyclic) bond motifs is 1. The first-order valence-electron chi connectivity index (χ1n) is 7.40. The van der Waals surface area contributed by atoms with Crippen molar-refractivity contribution in [3.05, 3.63) is 29.3 Å². The molecule has 1 aliphatic rings. The fraction of sp³-hybridized carbons (Fsp3) is 0.647. The van der Waals surface area contributed by atoms with Gasteiger partial charge in [-0.05, 0) is 30.2 Å². The number of aliphatic hydroxyl groups is 1. The molecule has 1 aromatic carbocycles. The quantitative estimate of drug-likeness (QED) is 0.872. The van der Waals surface area contributed by atoms with Crippen molar-refractivity contribution >= 4 is 0 Å². The van der Waals surface area contributed by atoms with E-state index < -0.39 is 5.60 Å². The lowest BCUT2D eigenvalue weighted by molar-refractivity contribution is -0.00640. The molecule has 0 bridgehead atoms. The van der Waals surface area contributed by atoms with Crippen molar-refractivity contribution in [3.63, 3.8) is 0 Å². The van der Waals surface area contributed by atoms with Crippen LogP contribution in [0, 0.1) is 11.8 Å². The average Bonchev–Trinajstić information content (AvgIpc) is 2.73. The zero-order chi connectivity index (χ0) is 14.0. The summed E-state index contributed by atoms with van der Waals surface area (Å²) in [7, 11) is 0. The Labute approximate surface area is 116 Å². The summed E-state index contributed by atoms with van der Waals surface area (Å²) in [5, 5.41) is 11.2. The van der Waals surface area contributed by atoms with Crippen LogP contribution in [0.25, 0.3) is 0 Å². The molecule has 1 aliphatic heterocycles. The van der Waals surface area contributed by atoms with E-state index >= 15 is 0 Å². The maximum Gasteiger partial charge on any atom is 0.128 e. The standard InChI is InChI=1S/C17H26O2/c1-12(2)10-17(18,11-13(3)4)15-7-5-6-14-8-9-19-16(14)15/h5-7,12-13,18H,8-11H2,1-4H3. The Morgan fingerprint density at radius 2 is 1.79 bits per heavy atom. The molecular weight excluding hydrogens is 236 g/mol. The van der Waals surface area contributed by atoms with Crippen molar-refractivity contribution in [1.82, 2.24) is 0 Å². The van der Waals surface area contributed by atoms with Crippen LogP contribution in [0.1, 0.15) is 51.7 Å². The molecule has 0 saturated heterocycles. The fourth-order valence-electron chi connectivity index (χ4n) is 3.24. The number of hydrogen-bond donors (Lipinski definition) is 1. The summed E-state index contributed by atoms with van der Waals surface area (Å²) in [6.07, 6.45) is 2.53. The minimum absolute atomic E-state index is 0.459.